The van der Waals surface area contributed by atoms with E-state index >= 15 is 0 Å². The van der Waals surface area contributed by atoms with Gasteiger partial charge in [-0.2, -0.15) is 0 Å². The van der Waals surface area contributed by atoms with Crippen LogP contribution in [0.15, 0.2) is 0 Å². The van der Waals surface area contributed by atoms with Gasteiger partial charge >= 0.3 is 5.97 Å². The summed E-state index contributed by atoms with van der Waals surface area (Å²) < 4.78 is 0. The Bertz CT molecular complexity index is 261. The molecule has 0 rings (SSSR count). The van der Waals surface area contributed by atoms with E-state index in [2.05, 4.69) is 0 Å². The van der Waals surface area contributed by atoms with Crippen LogP contribution in [0, 0.1) is 5.92 Å². The van der Waals surface area contributed by atoms with Crippen molar-refractivity contribution in [2.24, 2.45) is 11.7 Å². The number of amides is 1. The summed E-state index contributed by atoms with van der Waals surface area (Å²) in [6.45, 7) is 6.59. The number of rotatable bonds is 4. The minimum Gasteiger partial charge on any atom is -0.480 e. The van der Waals surface area contributed by atoms with Gasteiger partial charge < -0.3 is 15.7 Å². The van der Waals surface area contributed by atoms with Crippen molar-refractivity contribution < 1.29 is 14.7 Å². The van der Waals surface area contributed by atoms with Gasteiger partial charge in [0.05, 0.1) is 6.04 Å². The fourth-order valence-corrected chi connectivity index (χ4v) is 0.928. The standard InChI is InChI=1S/C10H20N2O3/c1-6(2)7(11)8(13)12(5)10(3,4)9(14)15/h6-7H,11H2,1-5H3,(H,14,15)/t7-/m1/s1. The van der Waals surface area contributed by atoms with E-state index in [1.54, 1.807) is 0 Å². The Balaban J connectivity index is 4.79. The van der Waals surface area contributed by atoms with E-state index in [1.807, 2.05) is 13.8 Å². The summed E-state index contributed by atoms with van der Waals surface area (Å²) in [6.07, 6.45) is 0. The number of carbonyl (C=O) groups is 2. The predicted molar refractivity (Wildman–Crippen MR) is 57.3 cm³/mol. The highest BCUT2D eigenvalue weighted by atomic mass is 16.4. The van der Waals surface area contributed by atoms with Crippen LogP contribution < -0.4 is 5.73 Å². The van der Waals surface area contributed by atoms with E-state index in [0.717, 1.165) is 0 Å². The maximum Gasteiger partial charge on any atom is 0.329 e. The maximum absolute atomic E-state index is 11.8. The van der Waals surface area contributed by atoms with Gasteiger partial charge in [0.2, 0.25) is 5.91 Å². The van der Waals surface area contributed by atoms with Crippen LogP contribution in [0.5, 0.6) is 0 Å². The summed E-state index contributed by atoms with van der Waals surface area (Å²) in [5, 5.41) is 8.95. The predicted octanol–water partition coefficient (Wildman–Crippen LogP) is 0.291. The molecule has 0 aliphatic rings. The average Bonchev–Trinajstić information content (AvgIpc) is 2.13. The van der Waals surface area contributed by atoms with Gasteiger partial charge in [-0.25, -0.2) is 4.79 Å². The number of hydrogen-bond donors (Lipinski definition) is 2. The molecule has 0 saturated carbocycles. The second kappa shape index (κ2) is 4.61. The number of hydrogen-bond acceptors (Lipinski definition) is 3. The third-order valence-corrected chi connectivity index (χ3v) is 2.70. The lowest BCUT2D eigenvalue weighted by molar-refractivity contribution is -0.156. The number of carboxylic acids is 1. The topological polar surface area (TPSA) is 83.6 Å². The van der Waals surface area contributed by atoms with Gasteiger partial charge in [-0.3, -0.25) is 4.79 Å². The highest BCUT2D eigenvalue weighted by molar-refractivity contribution is 5.88. The first-order valence-electron chi connectivity index (χ1n) is 4.89. The average molecular weight is 216 g/mol. The van der Waals surface area contributed by atoms with Crippen LogP contribution in [-0.4, -0.2) is 40.5 Å². The molecule has 0 aromatic rings. The Hall–Kier alpha value is -1.10. The first kappa shape index (κ1) is 13.9. The second-order valence-corrected chi connectivity index (χ2v) is 4.53. The molecule has 0 aromatic heterocycles. The molecule has 0 heterocycles. The quantitative estimate of drug-likeness (QED) is 0.707. The Labute approximate surface area is 90.2 Å². The Morgan fingerprint density at radius 2 is 1.73 bits per heavy atom. The molecule has 0 fully saturated rings. The van der Waals surface area contributed by atoms with E-state index in [-0.39, 0.29) is 11.8 Å². The Morgan fingerprint density at radius 1 is 1.33 bits per heavy atom. The zero-order chi connectivity index (χ0) is 12.4. The molecule has 1 atom stereocenters. The molecule has 0 radical (unpaired) electrons. The van der Waals surface area contributed by atoms with Crippen LogP contribution >= 0.6 is 0 Å². The molecule has 0 saturated heterocycles. The van der Waals surface area contributed by atoms with Gasteiger partial charge in [-0.15, -0.1) is 0 Å². The zero-order valence-electron chi connectivity index (χ0n) is 9.94. The zero-order valence-corrected chi connectivity index (χ0v) is 9.94. The number of carbonyl (C=O) groups excluding carboxylic acids is 1. The number of nitrogens with two attached hydrogens (primary N) is 1. The van der Waals surface area contributed by atoms with Gasteiger partial charge in [-0.1, -0.05) is 13.8 Å². The minimum atomic E-state index is -1.23. The molecule has 0 aliphatic carbocycles. The lowest BCUT2D eigenvalue weighted by Crippen LogP contribution is -2.56. The van der Waals surface area contributed by atoms with E-state index in [9.17, 15) is 9.59 Å². The van der Waals surface area contributed by atoms with Crippen LogP contribution in [0.4, 0.5) is 0 Å². The highest BCUT2D eigenvalue weighted by Crippen LogP contribution is 2.15. The summed E-state index contributed by atoms with van der Waals surface area (Å²) >= 11 is 0. The first-order valence-corrected chi connectivity index (χ1v) is 4.89. The molecule has 0 aromatic carbocycles. The first-order chi connectivity index (χ1) is 6.62. The lowest BCUT2D eigenvalue weighted by atomic mass is 9.99. The van der Waals surface area contributed by atoms with E-state index in [0.29, 0.717) is 0 Å². The SMILES string of the molecule is CC(C)[C@@H](N)C(=O)N(C)C(C)(C)C(=O)O. The molecule has 0 unspecified atom stereocenters. The van der Waals surface area contributed by atoms with E-state index < -0.39 is 17.6 Å². The van der Waals surface area contributed by atoms with Gasteiger partial charge in [0.15, 0.2) is 0 Å². The summed E-state index contributed by atoms with van der Waals surface area (Å²) in [6, 6.07) is -0.659. The fourth-order valence-electron chi connectivity index (χ4n) is 0.928. The molecule has 5 nitrogen and oxygen atoms in total. The smallest absolute Gasteiger partial charge is 0.329 e. The Kier molecular flexibility index (Phi) is 4.27. The fraction of sp³-hybridized carbons (Fsp3) is 0.800. The van der Waals surface area contributed by atoms with Gasteiger partial charge in [0.1, 0.15) is 5.54 Å². The summed E-state index contributed by atoms with van der Waals surface area (Å²) in [7, 11) is 1.46. The summed E-state index contributed by atoms with van der Waals surface area (Å²) in [5.74, 6) is -1.41. The molecule has 5 heteroatoms. The van der Waals surface area contributed by atoms with Crippen molar-refractivity contribution >= 4 is 11.9 Å². The van der Waals surface area contributed by atoms with Gasteiger partial charge in [-0.05, 0) is 19.8 Å². The largest absolute Gasteiger partial charge is 0.480 e. The van der Waals surface area contributed by atoms with Crippen molar-refractivity contribution in [2.75, 3.05) is 7.05 Å². The second-order valence-electron chi connectivity index (χ2n) is 4.53. The molecule has 0 aliphatic heterocycles. The molecular formula is C10H20N2O3. The highest BCUT2D eigenvalue weighted by Gasteiger charge is 2.37. The molecule has 3 N–H and O–H groups in total. The number of carboxylic acid groups (broad SMARTS) is 1. The number of aliphatic carboxylic acids is 1. The van der Waals surface area contributed by atoms with Gasteiger partial charge in [0.25, 0.3) is 0 Å². The van der Waals surface area contributed by atoms with Crippen molar-refractivity contribution in [3.8, 4) is 0 Å². The van der Waals surface area contributed by atoms with Crippen molar-refractivity contribution in [2.45, 2.75) is 39.3 Å². The van der Waals surface area contributed by atoms with Crippen LogP contribution in [-0.2, 0) is 9.59 Å². The summed E-state index contributed by atoms with van der Waals surface area (Å²) in [5.41, 5.74) is 4.44. The molecule has 0 spiro atoms. The monoisotopic (exact) mass is 216 g/mol. The molecule has 0 bridgehead atoms. The van der Waals surface area contributed by atoms with Crippen LogP contribution in [0.3, 0.4) is 0 Å². The molecule has 1 amide bonds. The van der Waals surface area contributed by atoms with E-state index in [1.165, 1.54) is 25.8 Å². The maximum atomic E-state index is 11.8. The molecule has 88 valence electrons. The van der Waals surface area contributed by atoms with Crippen molar-refractivity contribution in [3.05, 3.63) is 0 Å². The number of likely N-dealkylation sites (N-methyl/N-ethyl adjacent to an activating group) is 1. The molecule has 15 heavy (non-hydrogen) atoms. The summed E-state index contributed by atoms with van der Waals surface area (Å²) in [4.78, 5) is 23.9. The molecular weight excluding hydrogens is 196 g/mol. The Morgan fingerprint density at radius 3 is 2.00 bits per heavy atom. The van der Waals surface area contributed by atoms with Crippen LogP contribution in [0.1, 0.15) is 27.7 Å². The van der Waals surface area contributed by atoms with Crippen molar-refractivity contribution in [1.29, 1.82) is 0 Å². The lowest BCUT2D eigenvalue weighted by Gasteiger charge is -2.34. The van der Waals surface area contributed by atoms with Gasteiger partial charge in [0, 0.05) is 7.05 Å². The minimum absolute atomic E-state index is 0.00968. The van der Waals surface area contributed by atoms with Crippen LogP contribution in [0.25, 0.3) is 0 Å². The normalized spacial score (nSPS) is 13.8. The third kappa shape index (κ3) is 2.92. The van der Waals surface area contributed by atoms with Crippen LogP contribution in [0.2, 0.25) is 0 Å². The van der Waals surface area contributed by atoms with E-state index in [4.69, 9.17) is 10.8 Å². The third-order valence-electron chi connectivity index (χ3n) is 2.70. The van der Waals surface area contributed by atoms with Crippen molar-refractivity contribution in [1.82, 2.24) is 4.90 Å². The van der Waals surface area contributed by atoms with Crippen molar-refractivity contribution in [3.63, 3.8) is 0 Å². The number of nitrogens with zero attached hydrogens (tertiary/aromatic N) is 1.